The van der Waals surface area contributed by atoms with Gasteiger partial charge in [-0.05, 0) is 48.9 Å². The molecule has 0 bridgehead atoms. The van der Waals surface area contributed by atoms with Crippen molar-refractivity contribution < 1.29 is 13.2 Å². The number of nitrogens with zero attached hydrogens (tertiary/aromatic N) is 2. The first-order chi connectivity index (χ1) is 13.9. The van der Waals surface area contributed by atoms with Gasteiger partial charge in [-0.2, -0.15) is 0 Å². The highest BCUT2D eigenvalue weighted by molar-refractivity contribution is 7.97. The molecule has 152 valence electrons. The van der Waals surface area contributed by atoms with Crippen molar-refractivity contribution in [2.45, 2.75) is 6.42 Å². The van der Waals surface area contributed by atoms with Crippen LogP contribution >= 0.6 is 0 Å². The number of amides is 1. The molecule has 1 saturated heterocycles. The second kappa shape index (κ2) is 9.02. The van der Waals surface area contributed by atoms with E-state index in [-0.39, 0.29) is 16.5 Å². The van der Waals surface area contributed by atoms with Gasteiger partial charge in [-0.3, -0.25) is 14.5 Å². The Bertz CT molecular complexity index is 997. The van der Waals surface area contributed by atoms with Crippen LogP contribution in [0.1, 0.15) is 16.8 Å². The molecule has 2 N–H and O–H groups in total. The maximum absolute atomic E-state index is 12.8. The molecule has 0 saturated carbocycles. The fourth-order valence-electron chi connectivity index (χ4n) is 3.14. The summed E-state index contributed by atoms with van der Waals surface area (Å²) in [7, 11) is -3.88. The number of rotatable bonds is 5. The summed E-state index contributed by atoms with van der Waals surface area (Å²) in [5.41, 5.74) is 1.62. The van der Waals surface area contributed by atoms with Crippen LogP contribution in [0.3, 0.4) is 0 Å². The maximum atomic E-state index is 12.8. The Morgan fingerprint density at radius 1 is 1.21 bits per heavy atom. The Labute approximate surface area is 171 Å². The van der Waals surface area contributed by atoms with Crippen LogP contribution in [0.2, 0.25) is 0 Å². The molecule has 7 nitrogen and oxygen atoms in total. The molecule has 3 rings (SSSR count). The molecular formula is C21H24N4O3S. The molecule has 1 heterocycles. The van der Waals surface area contributed by atoms with Gasteiger partial charge in [-0.15, -0.1) is 0 Å². The molecule has 0 aromatic heterocycles. The lowest BCUT2D eigenvalue weighted by atomic mass is 10.1. The normalized spacial score (nSPS) is 18.9. The lowest BCUT2D eigenvalue weighted by molar-refractivity contribution is 0.0766. The number of benzene rings is 1. The third-order valence-corrected chi connectivity index (χ3v) is 6.02. The van der Waals surface area contributed by atoms with Crippen molar-refractivity contribution in [3.63, 3.8) is 0 Å². The summed E-state index contributed by atoms with van der Waals surface area (Å²) in [6, 6.07) is 6.43. The predicted octanol–water partition coefficient (Wildman–Crippen LogP) is 2.46. The number of aliphatic imine (C=N–C) groups is 1. The van der Waals surface area contributed by atoms with Crippen molar-refractivity contribution >= 4 is 27.3 Å². The van der Waals surface area contributed by atoms with Crippen molar-refractivity contribution in [3.05, 3.63) is 77.9 Å². The monoisotopic (exact) mass is 412 g/mol. The van der Waals surface area contributed by atoms with Crippen LogP contribution < -0.4 is 10.0 Å². The quantitative estimate of drug-likeness (QED) is 0.777. The molecule has 2 aliphatic rings. The topological polar surface area (TPSA) is 90.9 Å². The third-order valence-electron chi connectivity index (χ3n) is 4.60. The van der Waals surface area contributed by atoms with E-state index >= 15 is 0 Å². The van der Waals surface area contributed by atoms with Gasteiger partial charge < -0.3 is 10.2 Å². The average Bonchev–Trinajstić information content (AvgIpc) is 2.99. The lowest BCUT2D eigenvalue weighted by Crippen LogP contribution is -2.34. The van der Waals surface area contributed by atoms with E-state index < -0.39 is 10.0 Å². The summed E-state index contributed by atoms with van der Waals surface area (Å²) in [6.45, 7) is 10.4. The Morgan fingerprint density at radius 2 is 1.97 bits per heavy atom. The molecule has 1 aromatic rings. The van der Waals surface area contributed by atoms with Crippen LogP contribution in [-0.4, -0.2) is 51.1 Å². The van der Waals surface area contributed by atoms with Crippen LogP contribution in [0, 0.1) is 0 Å². The SMILES string of the molecule is C=CN=C1C(=C)C=CC=C1S(=O)(=O)Nc1ccc(C(=O)N2CCCNCC2)cc1. The minimum absolute atomic E-state index is 0.0159. The zero-order chi connectivity index (χ0) is 20.9. The Kier molecular flexibility index (Phi) is 6.46. The smallest absolute Gasteiger partial charge is 0.264 e. The second-order valence-electron chi connectivity index (χ2n) is 6.65. The Morgan fingerprint density at radius 3 is 2.69 bits per heavy atom. The molecule has 1 fully saturated rings. The van der Waals surface area contributed by atoms with E-state index in [9.17, 15) is 13.2 Å². The van der Waals surface area contributed by atoms with Crippen LogP contribution in [0.4, 0.5) is 5.69 Å². The van der Waals surface area contributed by atoms with E-state index in [1.54, 1.807) is 36.4 Å². The molecule has 8 heteroatoms. The zero-order valence-corrected chi connectivity index (χ0v) is 16.9. The summed E-state index contributed by atoms with van der Waals surface area (Å²) in [6.07, 6.45) is 6.94. The largest absolute Gasteiger partial charge is 0.337 e. The highest BCUT2D eigenvalue weighted by Gasteiger charge is 2.25. The second-order valence-corrected chi connectivity index (χ2v) is 8.30. The maximum Gasteiger partial charge on any atom is 0.264 e. The molecule has 1 aliphatic heterocycles. The van der Waals surface area contributed by atoms with Crippen molar-refractivity contribution in [2.75, 3.05) is 30.9 Å². The molecule has 1 aliphatic carbocycles. The van der Waals surface area contributed by atoms with Crippen LogP contribution in [0.25, 0.3) is 0 Å². The first-order valence-electron chi connectivity index (χ1n) is 9.32. The van der Waals surface area contributed by atoms with Gasteiger partial charge in [0.15, 0.2) is 0 Å². The number of anilines is 1. The van der Waals surface area contributed by atoms with Gasteiger partial charge in [0.1, 0.15) is 4.91 Å². The molecule has 0 unspecified atom stereocenters. The van der Waals surface area contributed by atoms with Crippen LogP contribution in [-0.2, 0) is 10.0 Å². The Balaban J connectivity index is 1.76. The first-order valence-corrected chi connectivity index (χ1v) is 10.8. The summed E-state index contributed by atoms with van der Waals surface area (Å²) in [4.78, 5) is 18.5. The van der Waals surface area contributed by atoms with Gasteiger partial charge in [0.2, 0.25) is 0 Å². The standard InChI is InChI=1S/C21H24N4O3S/c1-3-23-20-16(2)6-4-7-19(20)29(27,28)24-18-10-8-17(9-11-18)21(26)25-14-5-12-22-13-15-25/h3-4,6-11,22,24H,1-2,5,12-15H2. The van der Waals surface area contributed by atoms with Gasteiger partial charge in [-0.1, -0.05) is 25.3 Å². The Hall–Kier alpha value is -2.97. The number of carbonyl (C=O) groups is 1. The van der Waals surface area contributed by atoms with Gasteiger partial charge in [0, 0.05) is 37.1 Å². The molecular weight excluding hydrogens is 388 g/mol. The molecule has 1 amide bonds. The summed E-state index contributed by atoms with van der Waals surface area (Å²) < 4.78 is 28.2. The minimum Gasteiger partial charge on any atom is -0.337 e. The van der Waals surface area contributed by atoms with E-state index in [0.717, 1.165) is 19.5 Å². The number of carbonyl (C=O) groups excluding carboxylic acids is 1. The van der Waals surface area contributed by atoms with E-state index in [1.807, 2.05) is 4.90 Å². The average molecular weight is 413 g/mol. The number of hydrogen-bond acceptors (Lipinski definition) is 5. The summed E-state index contributed by atoms with van der Waals surface area (Å²) in [5.74, 6) is -0.0556. The molecule has 0 spiro atoms. The minimum atomic E-state index is -3.88. The fraction of sp³-hybridized carbons (Fsp3) is 0.238. The first kappa shape index (κ1) is 20.8. The van der Waals surface area contributed by atoms with Crippen LogP contribution in [0.15, 0.2) is 77.3 Å². The number of nitrogens with one attached hydrogen (secondary N) is 2. The van der Waals surface area contributed by atoms with Crippen LogP contribution in [0.5, 0.6) is 0 Å². The number of sulfonamides is 1. The van der Waals surface area contributed by atoms with Gasteiger partial charge in [0.25, 0.3) is 15.9 Å². The van der Waals surface area contributed by atoms with Crippen molar-refractivity contribution in [1.29, 1.82) is 0 Å². The summed E-state index contributed by atoms with van der Waals surface area (Å²) in [5, 5.41) is 3.26. The number of hydrogen-bond donors (Lipinski definition) is 2. The lowest BCUT2D eigenvalue weighted by Gasteiger charge is -2.20. The van der Waals surface area contributed by atoms with E-state index in [0.29, 0.717) is 29.9 Å². The molecule has 0 radical (unpaired) electrons. The zero-order valence-electron chi connectivity index (χ0n) is 16.1. The van der Waals surface area contributed by atoms with Crippen molar-refractivity contribution in [1.82, 2.24) is 10.2 Å². The van der Waals surface area contributed by atoms with E-state index in [2.05, 4.69) is 28.2 Å². The fourth-order valence-corrected chi connectivity index (χ4v) is 4.40. The highest BCUT2D eigenvalue weighted by Crippen LogP contribution is 2.23. The van der Waals surface area contributed by atoms with Crippen molar-refractivity contribution in [3.8, 4) is 0 Å². The highest BCUT2D eigenvalue weighted by atomic mass is 32.2. The number of allylic oxidation sites excluding steroid dienone is 5. The van der Waals surface area contributed by atoms with Gasteiger partial charge in [-0.25, -0.2) is 8.42 Å². The molecule has 1 aromatic carbocycles. The predicted molar refractivity (Wildman–Crippen MR) is 116 cm³/mol. The van der Waals surface area contributed by atoms with Crippen molar-refractivity contribution in [2.24, 2.45) is 4.99 Å². The van der Waals surface area contributed by atoms with Gasteiger partial charge >= 0.3 is 0 Å². The van der Waals surface area contributed by atoms with E-state index in [1.165, 1.54) is 12.3 Å². The summed E-state index contributed by atoms with van der Waals surface area (Å²) >= 11 is 0. The molecule has 29 heavy (non-hydrogen) atoms. The molecule has 0 atom stereocenters. The van der Waals surface area contributed by atoms with Gasteiger partial charge in [0.05, 0.1) is 5.71 Å². The van der Waals surface area contributed by atoms with E-state index in [4.69, 9.17) is 0 Å². The third kappa shape index (κ3) is 4.90.